The molecule has 3 aliphatic carbocycles. The van der Waals surface area contributed by atoms with E-state index < -0.39 is 0 Å². The van der Waals surface area contributed by atoms with E-state index in [4.69, 9.17) is 0 Å². The van der Waals surface area contributed by atoms with Gasteiger partial charge in [0.25, 0.3) is 0 Å². The van der Waals surface area contributed by atoms with Crippen molar-refractivity contribution in [2.45, 2.75) is 53.1 Å². The fourth-order valence-electron chi connectivity index (χ4n) is 6.20. The zero-order valence-corrected chi connectivity index (χ0v) is 12.9. The average Bonchev–Trinajstić information content (AvgIpc) is 2.60. The molecule has 3 rings (SSSR count). The van der Waals surface area contributed by atoms with Gasteiger partial charge in [-0.15, -0.1) is 0 Å². The summed E-state index contributed by atoms with van der Waals surface area (Å²) in [6, 6.07) is 1.27. The molecule has 0 aromatic carbocycles. The Labute approximate surface area is 113 Å². The second kappa shape index (κ2) is 3.62. The second-order valence-corrected chi connectivity index (χ2v) is 7.66. The number of nitrogens with zero attached hydrogens (tertiary/aromatic N) is 1. The van der Waals surface area contributed by atoms with Crippen LogP contribution < -0.4 is 0 Å². The van der Waals surface area contributed by atoms with Crippen LogP contribution in [0.5, 0.6) is 0 Å². The van der Waals surface area contributed by atoms with Gasteiger partial charge < -0.3 is 0 Å². The molecule has 0 saturated heterocycles. The Hall–Kier alpha value is -0.300. The van der Waals surface area contributed by atoms with Gasteiger partial charge in [0.1, 0.15) is 0 Å². The van der Waals surface area contributed by atoms with Gasteiger partial charge in [0, 0.05) is 12.1 Å². The minimum atomic E-state index is 0.592. The Kier molecular flexibility index (Phi) is 2.56. The highest BCUT2D eigenvalue weighted by Gasteiger charge is 2.77. The van der Waals surface area contributed by atoms with Crippen molar-refractivity contribution < 1.29 is 0 Å². The summed E-state index contributed by atoms with van der Waals surface area (Å²) < 4.78 is 0. The average molecular weight is 247 g/mol. The highest BCUT2D eigenvalue weighted by atomic mass is 15.2. The molecule has 6 unspecified atom stereocenters. The smallest absolute Gasteiger partial charge is 0.0369 e. The zero-order chi connectivity index (χ0) is 13.4. The summed E-state index contributed by atoms with van der Waals surface area (Å²) in [5.41, 5.74) is 2.11. The van der Waals surface area contributed by atoms with Gasteiger partial charge in [0.2, 0.25) is 0 Å². The molecule has 3 fully saturated rings. The van der Waals surface area contributed by atoms with Crippen LogP contribution in [0.2, 0.25) is 0 Å². The number of hydrogen-bond donors (Lipinski definition) is 0. The summed E-state index contributed by atoms with van der Waals surface area (Å²) >= 11 is 0. The second-order valence-electron chi connectivity index (χ2n) is 7.66. The predicted molar refractivity (Wildman–Crippen MR) is 77.3 cm³/mol. The first kappa shape index (κ1) is 12.7. The third-order valence-electron chi connectivity index (χ3n) is 7.13. The third-order valence-corrected chi connectivity index (χ3v) is 7.13. The first-order valence-corrected chi connectivity index (χ1v) is 7.74. The third kappa shape index (κ3) is 1.09. The van der Waals surface area contributed by atoms with Crippen molar-refractivity contribution in [1.82, 2.24) is 4.90 Å². The van der Waals surface area contributed by atoms with Crippen LogP contribution in [0.25, 0.3) is 0 Å². The Balaban J connectivity index is 1.98. The van der Waals surface area contributed by atoms with Crippen molar-refractivity contribution in [1.29, 1.82) is 0 Å². The summed E-state index contributed by atoms with van der Waals surface area (Å²) in [5, 5.41) is 0. The Morgan fingerprint density at radius 3 is 2.39 bits per heavy atom. The topological polar surface area (TPSA) is 3.24 Å². The monoisotopic (exact) mass is 247 g/mol. The van der Waals surface area contributed by atoms with E-state index in [1.54, 1.807) is 0 Å². The summed E-state index contributed by atoms with van der Waals surface area (Å²) in [6.45, 7) is 16.5. The van der Waals surface area contributed by atoms with Gasteiger partial charge in [-0.25, -0.2) is 0 Å². The lowest BCUT2D eigenvalue weighted by molar-refractivity contribution is -0.282. The van der Waals surface area contributed by atoms with Gasteiger partial charge in [-0.1, -0.05) is 32.9 Å². The minimum absolute atomic E-state index is 0.592. The van der Waals surface area contributed by atoms with Crippen molar-refractivity contribution in [3.05, 3.63) is 12.2 Å². The quantitative estimate of drug-likeness (QED) is 0.671. The van der Waals surface area contributed by atoms with Gasteiger partial charge >= 0.3 is 0 Å². The molecular weight excluding hydrogens is 218 g/mol. The highest BCUT2D eigenvalue weighted by Crippen LogP contribution is 2.79. The molecule has 0 heterocycles. The van der Waals surface area contributed by atoms with Crippen LogP contribution in [0, 0.1) is 35.0 Å². The Morgan fingerprint density at radius 2 is 1.83 bits per heavy atom. The van der Waals surface area contributed by atoms with Crippen molar-refractivity contribution in [2.75, 3.05) is 7.05 Å². The summed E-state index contributed by atoms with van der Waals surface area (Å²) in [5.74, 6) is 4.62. The molecule has 1 spiro atoms. The van der Waals surface area contributed by atoms with Crippen LogP contribution in [0.4, 0.5) is 0 Å². The van der Waals surface area contributed by atoms with Crippen LogP contribution in [0.1, 0.15) is 41.0 Å². The van der Waals surface area contributed by atoms with Gasteiger partial charge in [0.15, 0.2) is 0 Å². The molecule has 3 aliphatic rings. The molecule has 0 aromatic heterocycles. The molecule has 102 valence electrons. The molecule has 0 aliphatic heterocycles. The maximum absolute atomic E-state index is 4.45. The van der Waals surface area contributed by atoms with E-state index in [9.17, 15) is 0 Å². The van der Waals surface area contributed by atoms with Crippen LogP contribution in [-0.2, 0) is 0 Å². The van der Waals surface area contributed by atoms with Gasteiger partial charge in [0.05, 0.1) is 0 Å². The molecule has 0 bridgehead atoms. The van der Waals surface area contributed by atoms with Gasteiger partial charge in [-0.3, -0.25) is 4.90 Å². The van der Waals surface area contributed by atoms with E-state index in [1.807, 2.05) is 0 Å². The number of likely N-dealkylation sites (N-methyl/N-ethyl adjacent to an activating group) is 1. The predicted octanol–water partition coefficient (Wildman–Crippen LogP) is 3.81. The SMILES string of the molecule is C=C1C[C@H]2C(C)C3C(C)C(C)C32C1N(C)C(C)C. The highest BCUT2D eigenvalue weighted by molar-refractivity contribution is 5.35. The normalized spacial score (nSPS) is 54.1. The van der Waals surface area contributed by atoms with E-state index in [-0.39, 0.29) is 0 Å². The molecule has 7 atom stereocenters. The van der Waals surface area contributed by atoms with E-state index in [0.29, 0.717) is 17.5 Å². The summed E-state index contributed by atoms with van der Waals surface area (Å²) in [7, 11) is 2.31. The van der Waals surface area contributed by atoms with E-state index in [1.165, 1.54) is 12.0 Å². The van der Waals surface area contributed by atoms with Crippen LogP contribution in [0.3, 0.4) is 0 Å². The van der Waals surface area contributed by atoms with E-state index in [0.717, 1.165) is 29.6 Å². The first-order valence-electron chi connectivity index (χ1n) is 7.74. The maximum atomic E-state index is 4.45. The summed E-state index contributed by atoms with van der Waals surface area (Å²) in [4.78, 5) is 2.60. The molecule has 1 heteroatoms. The fraction of sp³-hybridized carbons (Fsp3) is 0.882. The number of hydrogen-bond acceptors (Lipinski definition) is 1. The lowest BCUT2D eigenvalue weighted by atomic mass is 9.30. The van der Waals surface area contributed by atoms with Crippen molar-refractivity contribution in [3.63, 3.8) is 0 Å². The molecule has 1 nitrogen and oxygen atoms in total. The number of rotatable bonds is 2. The molecule has 0 radical (unpaired) electrons. The van der Waals surface area contributed by atoms with Gasteiger partial charge in [-0.2, -0.15) is 0 Å². The zero-order valence-electron chi connectivity index (χ0n) is 12.9. The lowest BCUT2D eigenvalue weighted by Crippen LogP contribution is -2.75. The largest absolute Gasteiger partial charge is 0.297 e. The van der Waals surface area contributed by atoms with Gasteiger partial charge in [-0.05, 0) is 62.3 Å². The summed E-state index contributed by atoms with van der Waals surface area (Å²) in [6.07, 6.45) is 1.29. The van der Waals surface area contributed by atoms with Crippen molar-refractivity contribution >= 4 is 0 Å². The minimum Gasteiger partial charge on any atom is -0.297 e. The van der Waals surface area contributed by atoms with Crippen molar-refractivity contribution in [3.8, 4) is 0 Å². The molecule has 0 aromatic rings. The Morgan fingerprint density at radius 1 is 1.22 bits per heavy atom. The van der Waals surface area contributed by atoms with Crippen LogP contribution >= 0.6 is 0 Å². The van der Waals surface area contributed by atoms with Crippen molar-refractivity contribution in [2.24, 2.45) is 35.0 Å². The van der Waals surface area contributed by atoms with E-state index >= 15 is 0 Å². The van der Waals surface area contributed by atoms with E-state index in [2.05, 4.69) is 53.1 Å². The molecule has 18 heavy (non-hydrogen) atoms. The van der Waals surface area contributed by atoms with Crippen LogP contribution in [-0.4, -0.2) is 24.0 Å². The Bertz CT molecular complexity index is 385. The lowest BCUT2D eigenvalue weighted by Gasteiger charge is -2.75. The van der Waals surface area contributed by atoms with Crippen LogP contribution in [0.15, 0.2) is 12.2 Å². The standard InChI is InChI=1S/C17H29N/c1-9(2)18(7)16-10(3)8-14-12(5)15-11(4)13(6)17(14,15)16/h9,11-16H,3,8H2,1-2,4-7H3/t11?,12?,13?,14-,15?,16?,17?/m0/s1. The molecule has 0 amide bonds. The maximum Gasteiger partial charge on any atom is 0.0369 e. The molecule has 3 saturated carbocycles. The fourth-order valence-corrected chi connectivity index (χ4v) is 6.20. The molecular formula is C17H29N. The molecule has 0 N–H and O–H groups in total. The first-order chi connectivity index (χ1) is 8.35.